The molecule has 2 aromatic rings. The average Bonchev–Trinajstić information content (AvgIpc) is 2.84. The number of rotatable bonds is 14. The highest BCUT2D eigenvalue weighted by Gasteiger charge is 2.26. The molecule has 198 valence electrons. The molecule has 9 heteroatoms. The van der Waals surface area contributed by atoms with Gasteiger partial charge >= 0.3 is 0 Å². The van der Waals surface area contributed by atoms with Crippen molar-refractivity contribution in [3.05, 3.63) is 64.1 Å². The third-order valence-corrected chi connectivity index (χ3v) is 7.71. The van der Waals surface area contributed by atoms with Crippen LogP contribution in [0.3, 0.4) is 0 Å². The van der Waals surface area contributed by atoms with Gasteiger partial charge in [-0.2, -0.15) is 0 Å². The van der Waals surface area contributed by atoms with Crippen LogP contribution in [0.2, 0.25) is 0 Å². The van der Waals surface area contributed by atoms with Crippen molar-refractivity contribution < 1.29 is 18.0 Å². The maximum atomic E-state index is 13.3. The van der Waals surface area contributed by atoms with Gasteiger partial charge in [0.1, 0.15) is 6.04 Å². The molecule has 0 bridgehead atoms. The van der Waals surface area contributed by atoms with Crippen molar-refractivity contribution in [3.8, 4) is 0 Å². The van der Waals surface area contributed by atoms with Gasteiger partial charge in [0.15, 0.2) is 0 Å². The lowest BCUT2D eigenvalue weighted by atomic mass is 10.1. The Kier molecular flexibility index (Phi) is 11.9. The summed E-state index contributed by atoms with van der Waals surface area (Å²) in [4.78, 5) is 27.7. The summed E-state index contributed by atoms with van der Waals surface area (Å²) in [5, 5.41) is 2.91. The number of carbonyl (C=O) groups is 2. The number of nitrogens with one attached hydrogen (secondary N) is 1. The molecule has 2 rings (SSSR count). The van der Waals surface area contributed by atoms with Gasteiger partial charge in [-0.05, 0) is 61.6 Å². The van der Waals surface area contributed by atoms with Gasteiger partial charge in [-0.15, -0.1) is 0 Å². The lowest BCUT2D eigenvalue weighted by Gasteiger charge is -2.29. The molecule has 0 aliphatic rings. The van der Waals surface area contributed by atoms with Crippen LogP contribution in [-0.4, -0.2) is 50.5 Å². The first-order valence-electron chi connectivity index (χ1n) is 12.4. The second-order valence-corrected chi connectivity index (χ2v) is 11.8. The van der Waals surface area contributed by atoms with Crippen LogP contribution in [0.15, 0.2) is 53.0 Å². The van der Waals surface area contributed by atoms with Crippen molar-refractivity contribution in [1.29, 1.82) is 0 Å². The van der Waals surface area contributed by atoms with Crippen molar-refractivity contribution in [2.45, 2.75) is 65.5 Å². The number of unbranched alkanes of at least 4 members (excludes halogenated alkanes) is 1. The summed E-state index contributed by atoms with van der Waals surface area (Å²) in [6.07, 6.45) is 4.34. The smallest absolute Gasteiger partial charge is 0.242 e. The van der Waals surface area contributed by atoms with Crippen LogP contribution >= 0.6 is 15.9 Å². The minimum atomic E-state index is -3.51. The van der Waals surface area contributed by atoms with Crippen molar-refractivity contribution in [2.75, 3.05) is 23.7 Å². The van der Waals surface area contributed by atoms with E-state index in [1.54, 1.807) is 24.0 Å². The zero-order valence-electron chi connectivity index (χ0n) is 21.7. The molecular weight excluding hydrogens is 542 g/mol. The van der Waals surface area contributed by atoms with Gasteiger partial charge in [0.25, 0.3) is 0 Å². The molecule has 0 aliphatic heterocycles. The Hall–Kier alpha value is -2.39. The maximum Gasteiger partial charge on any atom is 0.242 e. The molecule has 0 aliphatic carbocycles. The molecule has 0 fully saturated rings. The Balaban J connectivity index is 2.14. The highest BCUT2D eigenvalue weighted by Crippen LogP contribution is 2.21. The molecule has 2 aromatic carbocycles. The summed E-state index contributed by atoms with van der Waals surface area (Å²) < 4.78 is 27.2. The first kappa shape index (κ1) is 29.8. The number of hydrogen-bond donors (Lipinski definition) is 1. The number of amides is 2. The molecule has 0 unspecified atom stereocenters. The van der Waals surface area contributed by atoms with Crippen molar-refractivity contribution in [2.24, 2.45) is 0 Å². The molecule has 0 aromatic heterocycles. The van der Waals surface area contributed by atoms with Crippen LogP contribution in [0.5, 0.6) is 0 Å². The summed E-state index contributed by atoms with van der Waals surface area (Å²) >= 11 is 3.46. The maximum absolute atomic E-state index is 13.3. The highest BCUT2D eigenvalue weighted by atomic mass is 79.9. The summed E-state index contributed by atoms with van der Waals surface area (Å²) in [6.45, 7) is 6.86. The first-order valence-corrected chi connectivity index (χ1v) is 15.1. The molecule has 2 amide bonds. The zero-order chi connectivity index (χ0) is 26.7. The molecule has 0 spiro atoms. The molecule has 0 saturated heterocycles. The Labute approximate surface area is 224 Å². The second-order valence-electron chi connectivity index (χ2n) is 8.93. The van der Waals surface area contributed by atoms with Crippen LogP contribution in [0.1, 0.15) is 57.6 Å². The third-order valence-electron chi connectivity index (χ3n) is 6.02. The van der Waals surface area contributed by atoms with Crippen LogP contribution in [0, 0.1) is 0 Å². The minimum absolute atomic E-state index is 0.125. The Morgan fingerprint density at radius 1 is 1.03 bits per heavy atom. The standard InChI is InChI=1S/C27H38BrN3O4S/c1-5-7-17-29-27(33)21(3)30(20-23-10-8-11-24(28)19-23)26(32)12-9-18-31(36(4,34)35)25-15-13-22(6-2)14-16-25/h8,10-11,13-16,19,21H,5-7,9,12,17-18,20H2,1-4H3,(H,29,33)/t21-/m0/s1. The SMILES string of the molecule is CCCCNC(=O)[C@H](C)N(Cc1cccc(Br)c1)C(=O)CCCN(c1ccc(CC)cc1)S(C)(=O)=O. The summed E-state index contributed by atoms with van der Waals surface area (Å²) in [5.41, 5.74) is 2.60. The molecule has 0 saturated carbocycles. The number of aryl methyl sites for hydroxylation is 1. The molecular formula is C27H38BrN3O4S. The van der Waals surface area contributed by atoms with Gasteiger partial charge in [0, 0.05) is 30.5 Å². The van der Waals surface area contributed by atoms with Crippen molar-refractivity contribution in [1.82, 2.24) is 10.2 Å². The molecule has 36 heavy (non-hydrogen) atoms. The third kappa shape index (κ3) is 9.24. The zero-order valence-corrected chi connectivity index (χ0v) is 24.1. The number of carbonyl (C=O) groups excluding carboxylic acids is 2. The van der Waals surface area contributed by atoms with Gasteiger partial charge in [0.05, 0.1) is 11.9 Å². The monoisotopic (exact) mass is 579 g/mol. The van der Waals surface area contributed by atoms with E-state index in [4.69, 9.17) is 0 Å². The lowest BCUT2D eigenvalue weighted by Crippen LogP contribution is -2.48. The number of hydrogen-bond acceptors (Lipinski definition) is 4. The summed E-state index contributed by atoms with van der Waals surface area (Å²) in [7, 11) is -3.51. The van der Waals surface area contributed by atoms with E-state index in [1.807, 2.05) is 43.3 Å². The average molecular weight is 581 g/mol. The minimum Gasteiger partial charge on any atom is -0.354 e. The number of nitrogens with zero attached hydrogens (tertiary/aromatic N) is 2. The lowest BCUT2D eigenvalue weighted by molar-refractivity contribution is -0.140. The molecule has 7 nitrogen and oxygen atoms in total. The number of sulfonamides is 1. The van der Waals surface area contributed by atoms with E-state index >= 15 is 0 Å². The fourth-order valence-corrected chi connectivity index (χ4v) is 5.26. The first-order chi connectivity index (χ1) is 17.1. The van der Waals surface area contributed by atoms with E-state index in [2.05, 4.69) is 28.2 Å². The van der Waals surface area contributed by atoms with E-state index < -0.39 is 16.1 Å². The Morgan fingerprint density at radius 2 is 1.72 bits per heavy atom. The van der Waals surface area contributed by atoms with Crippen molar-refractivity contribution in [3.63, 3.8) is 0 Å². The second kappa shape index (κ2) is 14.4. The number of halogens is 1. The highest BCUT2D eigenvalue weighted by molar-refractivity contribution is 9.10. The van der Waals surface area contributed by atoms with Crippen LogP contribution in [-0.2, 0) is 32.6 Å². The normalized spacial score (nSPS) is 12.1. The van der Waals surface area contributed by atoms with E-state index in [1.165, 1.54) is 10.6 Å². The van der Waals surface area contributed by atoms with Gasteiger partial charge in [-0.1, -0.05) is 60.5 Å². The van der Waals surface area contributed by atoms with Gasteiger partial charge in [-0.25, -0.2) is 8.42 Å². The summed E-state index contributed by atoms with van der Waals surface area (Å²) in [6, 6.07) is 14.4. The predicted molar refractivity (Wildman–Crippen MR) is 149 cm³/mol. The Bertz CT molecular complexity index is 1110. The van der Waals surface area contributed by atoms with Crippen LogP contribution in [0.4, 0.5) is 5.69 Å². The fourth-order valence-electron chi connectivity index (χ4n) is 3.85. The van der Waals surface area contributed by atoms with E-state index in [-0.39, 0.29) is 31.3 Å². The van der Waals surface area contributed by atoms with Gasteiger partial charge in [0.2, 0.25) is 21.8 Å². The van der Waals surface area contributed by atoms with Crippen LogP contribution < -0.4 is 9.62 Å². The van der Waals surface area contributed by atoms with E-state index in [0.717, 1.165) is 34.9 Å². The van der Waals surface area contributed by atoms with Crippen LogP contribution in [0.25, 0.3) is 0 Å². The number of anilines is 1. The van der Waals surface area contributed by atoms with Gasteiger partial charge in [-0.3, -0.25) is 13.9 Å². The topological polar surface area (TPSA) is 86.8 Å². The quantitative estimate of drug-likeness (QED) is 0.323. The molecule has 1 atom stereocenters. The molecule has 1 N–H and O–H groups in total. The molecule has 0 radical (unpaired) electrons. The molecule has 0 heterocycles. The fraction of sp³-hybridized carbons (Fsp3) is 0.481. The van der Waals surface area contributed by atoms with Gasteiger partial charge < -0.3 is 10.2 Å². The van der Waals surface area contributed by atoms with E-state index in [0.29, 0.717) is 18.7 Å². The van der Waals surface area contributed by atoms with E-state index in [9.17, 15) is 18.0 Å². The Morgan fingerprint density at radius 3 is 2.31 bits per heavy atom. The number of benzene rings is 2. The summed E-state index contributed by atoms with van der Waals surface area (Å²) in [5.74, 6) is -0.386. The van der Waals surface area contributed by atoms with Crippen molar-refractivity contribution >= 4 is 43.5 Å². The largest absolute Gasteiger partial charge is 0.354 e. The predicted octanol–water partition coefficient (Wildman–Crippen LogP) is 4.89.